The first-order chi connectivity index (χ1) is 9.12. The number of hydrogen-bond acceptors (Lipinski definition) is 6. The normalized spacial score (nSPS) is 11.9. The van der Waals surface area contributed by atoms with Crippen molar-refractivity contribution in [2.75, 3.05) is 29.7 Å². The van der Waals surface area contributed by atoms with Crippen molar-refractivity contribution in [1.29, 1.82) is 0 Å². The second-order valence-corrected chi connectivity index (χ2v) is 4.99. The van der Waals surface area contributed by atoms with Crippen LogP contribution in [0.4, 0.5) is 11.5 Å². The summed E-state index contributed by atoms with van der Waals surface area (Å²) < 4.78 is 4.96. The van der Waals surface area contributed by atoms with Crippen molar-refractivity contribution in [3.8, 4) is 0 Å². The summed E-state index contributed by atoms with van der Waals surface area (Å²) in [7, 11) is 0. The van der Waals surface area contributed by atoms with Crippen molar-refractivity contribution in [2.24, 2.45) is 0 Å². The van der Waals surface area contributed by atoms with Gasteiger partial charge in [-0.25, -0.2) is 9.78 Å². The summed E-state index contributed by atoms with van der Waals surface area (Å²) in [6.45, 7) is 4.20. The Labute approximate surface area is 118 Å². The lowest BCUT2D eigenvalue weighted by Gasteiger charge is -2.17. The third-order valence-corrected chi connectivity index (χ3v) is 3.38. The quantitative estimate of drug-likeness (QED) is 0.748. The van der Waals surface area contributed by atoms with Crippen molar-refractivity contribution in [2.45, 2.75) is 26.3 Å². The Bertz CT molecular complexity index is 426. The number of pyridine rings is 1. The maximum absolute atomic E-state index is 11.7. The van der Waals surface area contributed by atoms with E-state index in [0.717, 1.165) is 12.2 Å². The Morgan fingerprint density at radius 1 is 1.58 bits per heavy atom. The van der Waals surface area contributed by atoms with Crippen molar-refractivity contribution in [3.05, 3.63) is 17.8 Å². The van der Waals surface area contributed by atoms with Crippen LogP contribution in [0, 0.1) is 0 Å². The zero-order chi connectivity index (χ0) is 14.3. The van der Waals surface area contributed by atoms with Crippen LogP contribution in [-0.4, -0.2) is 35.6 Å². The maximum atomic E-state index is 11.7. The highest BCUT2D eigenvalue weighted by Gasteiger charge is 2.14. The second-order valence-electron chi connectivity index (χ2n) is 4.08. The second kappa shape index (κ2) is 7.89. The van der Waals surface area contributed by atoms with Gasteiger partial charge in [-0.2, -0.15) is 11.8 Å². The number of rotatable bonds is 7. The minimum Gasteiger partial charge on any atom is -0.462 e. The van der Waals surface area contributed by atoms with Gasteiger partial charge in [0.05, 0.1) is 24.1 Å². The summed E-state index contributed by atoms with van der Waals surface area (Å²) in [6.07, 6.45) is 4.53. The van der Waals surface area contributed by atoms with E-state index in [2.05, 4.69) is 23.5 Å². The molecule has 1 atom stereocenters. The molecule has 1 heterocycles. The molecular formula is C13H21N3O2S. The molecule has 0 saturated heterocycles. The number of nitrogen functional groups attached to an aromatic ring is 1. The lowest BCUT2D eigenvalue weighted by molar-refractivity contribution is 0.0527. The molecule has 0 aliphatic heterocycles. The van der Waals surface area contributed by atoms with Crippen LogP contribution in [0.1, 0.15) is 30.6 Å². The zero-order valence-corrected chi connectivity index (χ0v) is 12.4. The highest BCUT2D eigenvalue weighted by molar-refractivity contribution is 7.98. The highest BCUT2D eigenvalue weighted by atomic mass is 32.2. The van der Waals surface area contributed by atoms with Gasteiger partial charge >= 0.3 is 5.97 Å². The van der Waals surface area contributed by atoms with Gasteiger partial charge in [0, 0.05) is 11.8 Å². The number of carbonyl (C=O) groups is 1. The molecule has 6 heteroatoms. The first-order valence-electron chi connectivity index (χ1n) is 6.30. The van der Waals surface area contributed by atoms with E-state index in [9.17, 15) is 4.79 Å². The largest absolute Gasteiger partial charge is 0.462 e. The van der Waals surface area contributed by atoms with Gasteiger partial charge in [0.1, 0.15) is 5.82 Å². The molecular weight excluding hydrogens is 262 g/mol. The van der Waals surface area contributed by atoms with E-state index in [-0.39, 0.29) is 0 Å². The lowest BCUT2D eigenvalue weighted by atomic mass is 10.2. The molecule has 1 aromatic rings. The number of esters is 1. The molecule has 0 radical (unpaired) electrons. The van der Waals surface area contributed by atoms with Crippen LogP contribution in [0.3, 0.4) is 0 Å². The molecule has 0 aliphatic rings. The highest BCUT2D eigenvalue weighted by Crippen LogP contribution is 2.18. The summed E-state index contributed by atoms with van der Waals surface area (Å²) in [5.74, 6) is 1.22. The van der Waals surface area contributed by atoms with Crippen LogP contribution in [0.5, 0.6) is 0 Å². The number of nitrogens with zero attached hydrogens (tertiary/aromatic N) is 1. The van der Waals surface area contributed by atoms with E-state index in [1.165, 1.54) is 6.20 Å². The molecule has 0 fully saturated rings. The van der Waals surface area contributed by atoms with Crippen LogP contribution in [-0.2, 0) is 4.74 Å². The summed E-state index contributed by atoms with van der Waals surface area (Å²) in [4.78, 5) is 15.9. The van der Waals surface area contributed by atoms with Gasteiger partial charge in [0.2, 0.25) is 0 Å². The topological polar surface area (TPSA) is 77.2 Å². The van der Waals surface area contributed by atoms with Crippen molar-refractivity contribution < 1.29 is 9.53 Å². The van der Waals surface area contributed by atoms with Crippen LogP contribution in [0.25, 0.3) is 0 Å². The fourth-order valence-electron chi connectivity index (χ4n) is 1.60. The van der Waals surface area contributed by atoms with Gasteiger partial charge in [0.25, 0.3) is 0 Å². The Hall–Kier alpha value is -1.43. The van der Waals surface area contributed by atoms with Crippen LogP contribution >= 0.6 is 11.8 Å². The Morgan fingerprint density at radius 2 is 2.32 bits per heavy atom. The average Bonchev–Trinajstić information content (AvgIpc) is 2.40. The molecule has 0 bridgehead atoms. The van der Waals surface area contributed by atoms with Crippen molar-refractivity contribution in [1.82, 2.24) is 4.98 Å². The van der Waals surface area contributed by atoms with E-state index in [4.69, 9.17) is 10.5 Å². The molecule has 0 saturated carbocycles. The smallest absolute Gasteiger partial charge is 0.340 e. The molecule has 0 aliphatic carbocycles. The molecule has 1 unspecified atom stereocenters. The van der Waals surface area contributed by atoms with E-state index in [0.29, 0.717) is 29.7 Å². The summed E-state index contributed by atoms with van der Waals surface area (Å²) in [6, 6.07) is 1.97. The minimum absolute atomic E-state index is 0.321. The lowest BCUT2D eigenvalue weighted by Crippen LogP contribution is -2.22. The number of aromatic nitrogens is 1. The predicted octanol–water partition coefficient (Wildman–Crippen LogP) is 2.39. The standard InChI is InChI=1S/C13H21N3O2S/c1-4-9(8-19-3)16-12-6-10(11(14)7-15-12)13(17)18-5-2/h6-7,9H,4-5,8,14H2,1-3H3,(H,15,16). The van der Waals surface area contributed by atoms with E-state index >= 15 is 0 Å². The van der Waals surface area contributed by atoms with Crippen molar-refractivity contribution in [3.63, 3.8) is 0 Å². The van der Waals surface area contributed by atoms with Crippen molar-refractivity contribution >= 4 is 29.2 Å². The number of nitrogens with one attached hydrogen (secondary N) is 1. The van der Waals surface area contributed by atoms with Gasteiger partial charge in [-0.1, -0.05) is 6.92 Å². The molecule has 3 N–H and O–H groups in total. The molecule has 0 amide bonds. The Morgan fingerprint density at radius 3 is 2.89 bits per heavy atom. The van der Waals surface area contributed by atoms with E-state index in [1.54, 1.807) is 24.8 Å². The number of carbonyl (C=O) groups excluding carboxylic acids is 1. The fraction of sp³-hybridized carbons (Fsp3) is 0.538. The molecule has 1 aromatic heterocycles. The van der Waals surface area contributed by atoms with Gasteiger partial charge in [0.15, 0.2) is 0 Å². The molecule has 1 rings (SSSR count). The van der Waals surface area contributed by atoms with E-state index in [1.807, 2.05) is 0 Å². The molecule has 19 heavy (non-hydrogen) atoms. The van der Waals surface area contributed by atoms with E-state index < -0.39 is 5.97 Å². The summed E-state index contributed by atoms with van der Waals surface area (Å²) in [5, 5.41) is 3.30. The monoisotopic (exact) mass is 283 g/mol. The minimum atomic E-state index is -0.414. The molecule has 0 aromatic carbocycles. The number of thioether (sulfide) groups is 1. The first-order valence-corrected chi connectivity index (χ1v) is 7.69. The molecule has 5 nitrogen and oxygen atoms in total. The van der Waals surface area contributed by atoms with Crippen LogP contribution < -0.4 is 11.1 Å². The Kier molecular flexibility index (Phi) is 6.49. The maximum Gasteiger partial charge on any atom is 0.340 e. The molecule has 106 valence electrons. The van der Waals surface area contributed by atoms with Gasteiger partial charge in [-0.15, -0.1) is 0 Å². The zero-order valence-electron chi connectivity index (χ0n) is 11.6. The molecule has 0 spiro atoms. The van der Waals surface area contributed by atoms with Gasteiger partial charge in [-0.05, 0) is 25.7 Å². The van der Waals surface area contributed by atoms with Gasteiger partial charge < -0.3 is 15.8 Å². The summed E-state index contributed by atoms with van der Waals surface area (Å²) >= 11 is 1.77. The number of ether oxygens (including phenoxy) is 1. The van der Waals surface area contributed by atoms with Crippen LogP contribution in [0.15, 0.2) is 12.3 Å². The predicted molar refractivity (Wildman–Crippen MR) is 80.7 cm³/mol. The number of anilines is 2. The SMILES string of the molecule is CCOC(=O)c1cc(NC(CC)CSC)ncc1N. The average molecular weight is 283 g/mol. The Balaban J connectivity index is 2.86. The summed E-state index contributed by atoms with van der Waals surface area (Å²) in [5.41, 5.74) is 6.44. The fourth-order valence-corrected chi connectivity index (χ4v) is 2.32. The third kappa shape index (κ3) is 4.63. The number of nitrogens with two attached hydrogens (primary N) is 1. The third-order valence-electron chi connectivity index (χ3n) is 2.64. The van der Waals surface area contributed by atoms with Crippen LogP contribution in [0.2, 0.25) is 0 Å². The van der Waals surface area contributed by atoms with Gasteiger partial charge in [-0.3, -0.25) is 0 Å². The first kappa shape index (κ1) is 15.6. The number of hydrogen-bond donors (Lipinski definition) is 2.